The maximum absolute atomic E-state index is 9.93. The standard InChI is InChI=1S/C14H28O2Si/c1-14(2,3)17(4,5)16-9-11-6-10-7-12(11)13(15)8-10/h10-13,15H,6-9H2,1-5H3/t10-,11-,12-,13-/m1/s1. The molecule has 1 N–H and O–H groups in total. The minimum Gasteiger partial charge on any atom is -0.417 e. The Morgan fingerprint density at radius 2 is 1.82 bits per heavy atom. The third kappa shape index (κ3) is 2.61. The van der Waals surface area contributed by atoms with Crippen LogP contribution in [0.2, 0.25) is 18.1 Å². The summed E-state index contributed by atoms with van der Waals surface area (Å²) in [5, 5.41) is 10.2. The van der Waals surface area contributed by atoms with E-state index in [-0.39, 0.29) is 6.10 Å². The first-order valence-corrected chi connectivity index (χ1v) is 9.93. The number of aliphatic hydroxyl groups excluding tert-OH is 1. The van der Waals surface area contributed by atoms with Gasteiger partial charge in [0.25, 0.3) is 0 Å². The average Bonchev–Trinajstić information content (AvgIpc) is 2.71. The van der Waals surface area contributed by atoms with Crippen LogP contribution in [0.1, 0.15) is 40.0 Å². The first-order valence-electron chi connectivity index (χ1n) is 7.03. The molecule has 0 aromatic rings. The minimum absolute atomic E-state index is 0.0400. The molecule has 0 aliphatic heterocycles. The molecule has 2 fully saturated rings. The monoisotopic (exact) mass is 256 g/mol. The summed E-state index contributed by atoms with van der Waals surface area (Å²) < 4.78 is 6.31. The molecule has 0 spiro atoms. The third-order valence-corrected chi connectivity index (χ3v) is 9.88. The fourth-order valence-corrected chi connectivity index (χ4v) is 4.24. The van der Waals surface area contributed by atoms with Crippen LogP contribution in [0.5, 0.6) is 0 Å². The summed E-state index contributed by atoms with van der Waals surface area (Å²) in [5.74, 6) is 1.94. The molecule has 3 heteroatoms. The summed E-state index contributed by atoms with van der Waals surface area (Å²) in [5.41, 5.74) is 0. The molecule has 2 aliphatic rings. The van der Waals surface area contributed by atoms with Crippen molar-refractivity contribution in [1.29, 1.82) is 0 Å². The summed E-state index contributed by atoms with van der Waals surface area (Å²) in [7, 11) is -1.60. The predicted octanol–water partition coefficient (Wildman–Crippen LogP) is 3.42. The van der Waals surface area contributed by atoms with Crippen LogP contribution >= 0.6 is 0 Å². The third-order valence-electron chi connectivity index (χ3n) is 5.38. The van der Waals surface area contributed by atoms with Crippen molar-refractivity contribution in [2.45, 2.75) is 64.3 Å². The summed E-state index contributed by atoms with van der Waals surface area (Å²) in [6, 6.07) is 0. The summed E-state index contributed by atoms with van der Waals surface area (Å²) >= 11 is 0. The topological polar surface area (TPSA) is 29.5 Å². The molecule has 2 aliphatic carbocycles. The van der Waals surface area contributed by atoms with Gasteiger partial charge in [0.2, 0.25) is 0 Å². The highest BCUT2D eigenvalue weighted by atomic mass is 28.4. The van der Waals surface area contributed by atoms with Crippen LogP contribution < -0.4 is 0 Å². The average molecular weight is 256 g/mol. The lowest BCUT2D eigenvalue weighted by Crippen LogP contribution is -2.43. The quantitative estimate of drug-likeness (QED) is 0.784. The Bertz CT molecular complexity index is 282. The molecule has 0 aromatic heterocycles. The number of aliphatic hydroxyl groups is 1. The Morgan fingerprint density at radius 1 is 1.18 bits per heavy atom. The van der Waals surface area contributed by atoms with Gasteiger partial charge in [-0.3, -0.25) is 0 Å². The Kier molecular flexibility index (Phi) is 3.48. The molecule has 0 unspecified atom stereocenters. The molecule has 100 valence electrons. The van der Waals surface area contributed by atoms with Crippen LogP contribution in [0.4, 0.5) is 0 Å². The van der Waals surface area contributed by atoms with Crippen molar-refractivity contribution in [2.75, 3.05) is 6.61 Å². The number of hydrogen-bond donors (Lipinski definition) is 1. The lowest BCUT2D eigenvalue weighted by molar-refractivity contribution is 0.0583. The van der Waals surface area contributed by atoms with Crippen molar-refractivity contribution in [3.8, 4) is 0 Å². The molecule has 0 aromatic carbocycles. The van der Waals surface area contributed by atoms with Gasteiger partial charge in [0.1, 0.15) is 0 Å². The maximum atomic E-state index is 9.93. The van der Waals surface area contributed by atoms with Gasteiger partial charge in [-0.1, -0.05) is 20.8 Å². The van der Waals surface area contributed by atoms with Crippen LogP contribution in [0.3, 0.4) is 0 Å². The van der Waals surface area contributed by atoms with Crippen LogP contribution in [0, 0.1) is 17.8 Å². The van der Waals surface area contributed by atoms with E-state index in [0.717, 1.165) is 18.9 Å². The second-order valence-corrected chi connectivity index (χ2v) is 12.4. The Balaban J connectivity index is 1.88. The van der Waals surface area contributed by atoms with E-state index in [2.05, 4.69) is 33.9 Å². The highest BCUT2D eigenvalue weighted by Crippen LogP contribution is 2.49. The van der Waals surface area contributed by atoms with Gasteiger partial charge >= 0.3 is 0 Å². The predicted molar refractivity (Wildman–Crippen MR) is 73.5 cm³/mol. The lowest BCUT2D eigenvalue weighted by atomic mass is 9.87. The zero-order valence-corrected chi connectivity index (χ0v) is 13.0. The summed E-state index contributed by atoms with van der Waals surface area (Å²) in [6.07, 6.45) is 3.53. The van der Waals surface area contributed by atoms with E-state index in [9.17, 15) is 5.11 Å². The SMILES string of the molecule is CC(C)(C)[Si](C)(C)OC[C@H]1C[C@@H]2C[C@H]1[C@H](O)C2. The number of fused-ring (bicyclic) bond motifs is 2. The molecular weight excluding hydrogens is 228 g/mol. The van der Waals surface area contributed by atoms with Crippen LogP contribution in [0.25, 0.3) is 0 Å². The van der Waals surface area contributed by atoms with Gasteiger partial charge in [-0.05, 0) is 55.1 Å². The first-order chi connectivity index (χ1) is 7.71. The van der Waals surface area contributed by atoms with E-state index in [4.69, 9.17) is 4.43 Å². The van der Waals surface area contributed by atoms with E-state index in [1.807, 2.05) is 0 Å². The van der Waals surface area contributed by atoms with Crippen molar-refractivity contribution in [2.24, 2.45) is 17.8 Å². The lowest BCUT2D eigenvalue weighted by Gasteiger charge is -2.38. The van der Waals surface area contributed by atoms with Crippen LogP contribution in [0.15, 0.2) is 0 Å². The molecule has 17 heavy (non-hydrogen) atoms. The second-order valence-electron chi connectivity index (χ2n) is 7.64. The fourth-order valence-electron chi connectivity index (χ4n) is 3.18. The Morgan fingerprint density at radius 3 is 2.29 bits per heavy atom. The molecule has 2 saturated carbocycles. The summed E-state index contributed by atoms with van der Waals surface area (Å²) in [6.45, 7) is 12.4. The second kappa shape index (κ2) is 4.36. The molecule has 0 saturated heterocycles. The van der Waals surface area contributed by atoms with Gasteiger partial charge in [-0.15, -0.1) is 0 Å². The normalized spacial score (nSPS) is 37.8. The maximum Gasteiger partial charge on any atom is 0.191 e. The molecular formula is C14H28O2Si. The zero-order chi connectivity index (χ0) is 12.8. The molecule has 0 heterocycles. The van der Waals surface area contributed by atoms with E-state index in [1.54, 1.807) is 0 Å². The molecule has 4 atom stereocenters. The minimum atomic E-state index is -1.60. The van der Waals surface area contributed by atoms with E-state index in [0.29, 0.717) is 16.9 Å². The number of hydrogen-bond acceptors (Lipinski definition) is 2. The first kappa shape index (κ1) is 13.6. The van der Waals surface area contributed by atoms with Gasteiger partial charge in [-0.2, -0.15) is 0 Å². The van der Waals surface area contributed by atoms with Gasteiger partial charge in [-0.25, -0.2) is 0 Å². The van der Waals surface area contributed by atoms with Gasteiger partial charge in [0, 0.05) is 6.61 Å². The fraction of sp³-hybridized carbons (Fsp3) is 1.00. The largest absolute Gasteiger partial charge is 0.417 e. The Hall–Kier alpha value is 0.137. The van der Waals surface area contributed by atoms with E-state index < -0.39 is 8.32 Å². The molecule has 0 radical (unpaired) electrons. The van der Waals surface area contributed by atoms with Crippen LogP contribution in [-0.4, -0.2) is 26.1 Å². The Labute approximate surface area is 107 Å². The molecule has 2 rings (SSSR count). The van der Waals surface area contributed by atoms with Gasteiger partial charge in [0.05, 0.1) is 6.10 Å². The van der Waals surface area contributed by atoms with Gasteiger partial charge < -0.3 is 9.53 Å². The van der Waals surface area contributed by atoms with Crippen molar-refractivity contribution >= 4 is 8.32 Å². The molecule has 2 nitrogen and oxygen atoms in total. The van der Waals surface area contributed by atoms with Crippen molar-refractivity contribution in [3.05, 3.63) is 0 Å². The smallest absolute Gasteiger partial charge is 0.191 e. The van der Waals surface area contributed by atoms with E-state index in [1.165, 1.54) is 12.8 Å². The van der Waals surface area contributed by atoms with Gasteiger partial charge in [0.15, 0.2) is 8.32 Å². The zero-order valence-electron chi connectivity index (χ0n) is 12.0. The molecule has 0 amide bonds. The summed E-state index contributed by atoms with van der Waals surface area (Å²) in [4.78, 5) is 0. The highest BCUT2D eigenvalue weighted by Gasteiger charge is 2.46. The molecule has 2 bridgehead atoms. The van der Waals surface area contributed by atoms with Crippen molar-refractivity contribution < 1.29 is 9.53 Å². The number of rotatable bonds is 3. The van der Waals surface area contributed by atoms with Crippen molar-refractivity contribution in [3.63, 3.8) is 0 Å². The van der Waals surface area contributed by atoms with Crippen LogP contribution in [-0.2, 0) is 4.43 Å². The highest BCUT2D eigenvalue weighted by molar-refractivity contribution is 6.74. The van der Waals surface area contributed by atoms with Crippen molar-refractivity contribution in [1.82, 2.24) is 0 Å². The van der Waals surface area contributed by atoms with E-state index >= 15 is 0 Å².